The molecule has 0 bridgehead atoms. The molecule has 1 atom stereocenters. The zero-order chi connectivity index (χ0) is 9.30. The third-order valence-electron chi connectivity index (χ3n) is 1.89. The highest BCUT2D eigenvalue weighted by Gasteiger charge is 2.15. The number of nitrogens with zero attached hydrogens (tertiary/aromatic N) is 2. The highest BCUT2D eigenvalue weighted by molar-refractivity contribution is 5.22. The second kappa shape index (κ2) is 3.25. The van der Waals surface area contributed by atoms with Gasteiger partial charge in [0.15, 0.2) is 0 Å². The molecule has 2 nitrogen and oxygen atoms in total. The number of hydrogen-bond donors (Lipinski definition) is 0. The lowest BCUT2D eigenvalue weighted by Crippen LogP contribution is -1.95. The van der Waals surface area contributed by atoms with Gasteiger partial charge in [0.25, 0.3) is 0 Å². The molecule has 3 heteroatoms. The molecule has 0 amide bonds. The molecule has 0 aliphatic carbocycles. The maximum atomic E-state index is 13.0. The molecule has 0 radical (unpaired) electrons. The molecule has 1 rings (SSSR count). The first-order chi connectivity index (χ1) is 5.52. The van der Waals surface area contributed by atoms with E-state index >= 15 is 0 Å². The third kappa shape index (κ3) is 1.65. The van der Waals surface area contributed by atoms with Gasteiger partial charge >= 0.3 is 0 Å². The van der Waals surface area contributed by atoms with Crippen molar-refractivity contribution >= 4 is 0 Å². The van der Waals surface area contributed by atoms with Crippen molar-refractivity contribution in [1.29, 1.82) is 0 Å². The summed E-state index contributed by atoms with van der Waals surface area (Å²) in [6, 6.07) is 0. The Morgan fingerprint density at radius 2 is 2.00 bits per heavy atom. The Hall–Kier alpha value is -0.860. The molecule has 12 heavy (non-hydrogen) atoms. The fourth-order valence-electron chi connectivity index (χ4n) is 1.28. The van der Waals surface area contributed by atoms with Gasteiger partial charge in [0, 0.05) is 13.2 Å². The standard InChI is InChI=1S/C9H15FN2/c1-6(2)8-5-12(4)11-9(8)7(3)10/h5-7H,1-4H3. The SMILES string of the molecule is CC(C)c1cn(C)nc1C(C)F. The van der Waals surface area contributed by atoms with Crippen LogP contribution in [0.15, 0.2) is 6.20 Å². The van der Waals surface area contributed by atoms with Crippen LogP contribution in [-0.2, 0) is 7.05 Å². The summed E-state index contributed by atoms with van der Waals surface area (Å²) >= 11 is 0. The second-order valence-corrected chi connectivity index (χ2v) is 3.41. The molecule has 0 aliphatic rings. The van der Waals surface area contributed by atoms with E-state index < -0.39 is 6.17 Å². The fraction of sp³-hybridized carbons (Fsp3) is 0.667. The number of aromatic nitrogens is 2. The molecule has 68 valence electrons. The first-order valence-corrected chi connectivity index (χ1v) is 4.20. The zero-order valence-corrected chi connectivity index (χ0v) is 8.00. The number of hydrogen-bond acceptors (Lipinski definition) is 1. The summed E-state index contributed by atoms with van der Waals surface area (Å²) in [4.78, 5) is 0. The molecular weight excluding hydrogens is 155 g/mol. The van der Waals surface area contributed by atoms with Crippen LogP contribution in [0, 0.1) is 0 Å². The molecule has 0 aromatic carbocycles. The van der Waals surface area contributed by atoms with Crippen LogP contribution in [0.5, 0.6) is 0 Å². The van der Waals surface area contributed by atoms with Gasteiger partial charge in [-0.2, -0.15) is 5.10 Å². The summed E-state index contributed by atoms with van der Waals surface area (Å²) in [6.07, 6.45) is 0.916. The van der Waals surface area contributed by atoms with Crippen LogP contribution in [-0.4, -0.2) is 9.78 Å². The quantitative estimate of drug-likeness (QED) is 0.667. The molecule has 0 saturated heterocycles. The maximum absolute atomic E-state index is 13.0. The molecule has 0 fully saturated rings. The Bertz CT molecular complexity index is 238. The van der Waals surface area contributed by atoms with Crippen molar-refractivity contribution in [3.63, 3.8) is 0 Å². The minimum absolute atomic E-state index is 0.340. The average Bonchev–Trinajstić information content (AvgIpc) is 2.31. The van der Waals surface area contributed by atoms with Gasteiger partial charge in [0.05, 0.1) is 5.69 Å². The smallest absolute Gasteiger partial charge is 0.141 e. The minimum Gasteiger partial charge on any atom is -0.275 e. The average molecular weight is 170 g/mol. The summed E-state index contributed by atoms with van der Waals surface area (Å²) in [6.45, 7) is 5.61. The summed E-state index contributed by atoms with van der Waals surface area (Å²) in [5.41, 5.74) is 1.58. The lowest BCUT2D eigenvalue weighted by molar-refractivity contribution is 0.360. The zero-order valence-electron chi connectivity index (χ0n) is 8.00. The van der Waals surface area contributed by atoms with Gasteiger partial charge in [-0.1, -0.05) is 13.8 Å². The van der Waals surface area contributed by atoms with Gasteiger partial charge in [-0.05, 0) is 18.4 Å². The lowest BCUT2D eigenvalue weighted by atomic mass is 10.0. The first-order valence-electron chi connectivity index (χ1n) is 4.20. The Morgan fingerprint density at radius 1 is 1.42 bits per heavy atom. The predicted molar refractivity (Wildman–Crippen MR) is 46.8 cm³/mol. The number of aryl methyl sites for hydroxylation is 1. The van der Waals surface area contributed by atoms with Crippen molar-refractivity contribution in [1.82, 2.24) is 9.78 Å². The van der Waals surface area contributed by atoms with Crippen molar-refractivity contribution in [2.45, 2.75) is 32.9 Å². The van der Waals surface area contributed by atoms with Crippen LogP contribution >= 0.6 is 0 Å². The predicted octanol–water partition coefficient (Wildman–Crippen LogP) is 2.57. The summed E-state index contributed by atoms with van der Waals surface area (Å²) in [7, 11) is 1.82. The molecule has 0 N–H and O–H groups in total. The molecular formula is C9H15FN2. The van der Waals surface area contributed by atoms with Crippen LogP contribution in [0.3, 0.4) is 0 Å². The summed E-state index contributed by atoms with van der Waals surface area (Å²) in [5.74, 6) is 0.340. The van der Waals surface area contributed by atoms with E-state index in [1.165, 1.54) is 6.92 Å². The summed E-state index contributed by atoms with van der Waals surface area (Å²) in [5, 5.41) is 4.07. The van der Waals surface area contributed by atoms with Crippen LogP contribution in [0.2, 0.25) is 0 Å². The maximum Gasteiger partial charge on any atom is 0.141 e. The van der Waals surface area contributed by atoms with Gasteiger partial charge < -0.3 is 0 Å². The van der Waals surface area contributed by atoms with Crippen molar-refractivity contribution < 1.29 is 4.39 Å². The molecule has 1 unspecified atom stereocenters. The topological polar surface area (TPSA) is 17.8 Å². The Kier molecular flexibility index (Phi) is 2.50. The van der Waals surface area contributed by atoms with E-state index in [9.17, 15) is 4.39 Å². The van der Waals surface area contributed by atoms with E-state index in [1.54, 1.807) is 4.68 Å². The fourth-order valence-corrected chi connectivity index (χ4v) is 1.28. The van der Waals surface area contributed by atoms with E-state index in [0.717, 1.165) is 5.56 Å². The van der Waals surface area contributed by atoms with Gasteiger partial charge in [0.2, 0.25) is 0 Å². The Morgan fingerprint density at radius 3 is 2.33 bits per heavy atom. The molecule has 0 aliphatic heterocycles. The number of halogens is 1. The van der Waals surface area contributed by atoms with Crippen LogP contribution in [0.25, 0.3) is 0 Å². The van der Waals surface area contributed by atoms with E-state index in [0.29, 0.717) is 11.6 Å². The lowest BCUT2D eigenvalue weighted by Gasteiger charge is -2.04. The molecule has 1 aromatic rings. The number of alkyl halides is 1. The largest absolute Gasteiger partial charge is 0.275 e. The van der Waals surface area contributed by atoms with Gasteiger partial charge in [0.1, 0.15) is 6.17 Å². The van der Waals surface area contributed by atoms with E-state index in [2.05, 4.69) is 5.10 Å². The van der Waals surface area contributed by atoms with Gasteiger partial charge in [-0.15, -0.1) is 0 Å². The Labute approximate surface area is 72.4 Å². The van der Waals surface area contributed by atoms with Crippen LogP contribution in [0.1, 0.15) is 44.1 Å². The molecule has 1 aromatic heterocycles. The van der Waals surface area contributed by atoms with Crippen molar-refractivity contribution in [2.75, 3.05) is 0 Å². The van der Waals surface area contributed by atoms with E-state index in [-0.39, 0.29) is 0 Å². The van der Waals surface area contributed by atoms with Crippen molar-refractivity contribution in [2.24, 2.45) is 7.05 Å². The first kappa shape index (κ1) is 9.23. The van der Waals surface area contributed by atoms with E-state index in [1.807, 2.05) is 27.1 Å². The molecule has 1 heterocycles. The number of rotatable bonds is 2. The molecule has 0 spiro atoms. The van der Waals surface area contributed by atoms with Crippen LogP contribution < -0.4 is 0 Å². The highest BCUT2D eigenvalue weighted by atomic mass is 19.1. The second-order valence-electron chi connectivity index (χ2n) is 3.41. The van der Waals surface area contributed by atoms with Gasteiger partial charge in [-0.3, -0.25) is 4.68 Å². The third-order valence-corrected chi connectivity index (χ3v) is 1.89. The highest BCUT2D eigenvalue weighted by Crippen LogP contribution is 2.25. The van der Waals surface area contributed by atoms with E-state index in [4.69, 9.17) is 0 Å². The van der Waals surface area contributed by atoms with Crippen LogP contribution in [0.4, 0.5) is 4.39 Å². The van der Waals surface area contributed by atoms with Gasteiger partial charge in [-0.25, -0.2) is 4.39 Å². The summed E-state index contributed by atoms with van der Waals surface area (Å²) < 4.78 is 14.7. The monoisotopic (exact) mass is 170 g/mol. The minimum atomic E-state index is -0.969. The normalized spacial score (nSPS) is 13.8. The van der Waals surface area contributed by atoms with Crippen molar-refractivity contribution in [3.8, 4) is 0 Å². The van der Waals surface area contributed by atoms with Crippen molar-refractivity contribution in [3.05, 3.63) is 17.5 Å². The molecule has 0 saturated carbocycles. The Balaban J connectivity index is 3.08.